The van der Waals surface area contributed by atoms with Crippen LogP contribution in [0.25, 0.3) is 0 Å². The molecular formula is C12H19BrN4O2. The molecule has 0 radical (unpaired) electrons. The summed E-state index contributed by atoms with van der Waals surface area (Å²) in [5.41, 5.74) is 0.693. The van der Waals surface area contributed by atoms with Gasteiger partial charge in [0.05, 0.1) is 24.6 Å². The number of nitrogens with one attached hydrogen (secondary N) is 1. The first-order chi connectivity index (χ1) is 9.13. The SMILES string of the molecule is CCn1ncc(N(C)CC2CNCCO2)c(Br)c1=O. The Labute approximate surface area is 120 Å². The Kier molecular flexibility index (Phi) is 4.95. The summed E-state index contributed by atoms with van der Waals surface area (Å²) >= 11 is 3.37. The second-order valence-corrected chi connectivity index (χ2v) is 5.34. The zero-order valence-electron chi connectivity index (χ0n) is 11.2. The molecule has 1 aromatic heterocycles. The number of ether oxygens (including phenoxy) is 1. The minimum atomic E-state index is -0.102. The van der Waals surface area contributed by atoms with Crippen molar-refractivity contribution in [2.45, 2.75) is 19.6 Å². The first-order valence-corrected chi connectivity index (χ1v) is 7.21. The van der Waals surface area contributed by atoms with Gasteiger partial charge in [0.15, 0.2) is 0 Å². The van der Waals surface area contributed by atoms with E-state index in [-0.39, 0.29) is 11.7 Å². The van der Waals surface area contributed by atoms with Gasteiger partial charge >= 0.3 is 0 Å². The lowest BCUT2D eigenvalue weighted by molar-refractivity contribution is 0.0340. The van der Waals surface area contributed by atoms with Gasteiger partial charge in [-0.15, -0.1) is 0 Å². The second kappa shape index (κ2) is 6.49. The number of halogens is 1. The molecule has 2 rings (SSSR count). The monoisotopic (exact) mass is 330 g/mol. The zero-order chi connectivity index (χ0) is 13.8. The van der Waals surface area contributed by atoms with Crippen molar-refractivity contribution in [2.75, 3.05) is 38.2 Å². The summed E-state index contributed by atoms with van der Waals surface area (Å²) in [6.45, 7) is 5.65. The third-order valence-corrected chi connectivity index (χ3v) is 3.90. The van der Waals surface area contributed by atoms with Crippen LogP contribution in [0.4, 0.5) is 5.69 Å². The predicted octanol–water partition coefficient (Wildman–Crippen LogP) is 0.450. The average molecular weight is 331 g/mol. The van der Waals surface area contributed by atoms with Crippen LogP contribution in [0.2, 0.25) is 0 Å². The third-order valence-electron chi connectivity index (χ3n) is 3.16. The van der Waals surface area contributed by atoms with E-state index >= 15 is 0 Å². The fourth-order valence-corrected chi connectivity index (χ4v) is 2.70. The molecule has 6 nitrogen and oxygen atoms in total. The molecule has 1 atom stereocenters. The maximum Gasteiger partial charge on any atom is 0.283 e. The smallest absolute Gasteiger partial charge is 0.283 e. The van der Waals surface area contributed by atoms with Gasteiger partial charge in [-0.05, 0) is 22.9 Å². The van der Waals surface area contributed by atoms with Crippen molar-refractivity contribution < 1.29 is 4.74 Å². The first-order valence-electron chi connectivity index (χ1n) is 6.42. The molecule has 106 valence electrons. The number of morpholine rings is 1. The van der Waals surface area contributed by atoms with Crippen LogP contribution in [0.5, 0.6) is 0 Å². The van der Waals surface area contributed by atoms with Crippen LogP contribution in [0.1, 0.15) is 6.92 Å². The maximum absolute atomic E-state index is 12.0. The Morgan fingerprint density at radius 1 is 1.68 bits per heavy atom. The van der Waals surface area contributed by atoms with Crippen molar-refractivity contribution in [3.05, 3.63) is 21.0 Å². The number of aryl methyl sites for hydroxylation is 1. The minimum Gasteiger partial charge on any atom is -0.374 e. The molecule has 1 saturated heterocycles. The van der Waals surface area contributed by atoms with Gasteiger partial charge in [0.1, 0.15) is 4.47 Å². The van der Waals surface area contributed by atoms with Gasteiger partial charge in [0.2, 0.25) is 0 Å². The van der Waals surface area contributed by atoms with Gasteiger partial charge in [-0.3, -0.25) is 4.79 Å². The Morgan fingerprint density at radius 2 is 2.47 bits per heavy atom. The summed E-state index contributed by atoms with van der Waals surface area (Å²) in [6, 6.07) is 0. The molecule has 0 aliphatic carbocycles. The van der Waals surface area contributed by atoms with Gasteiger partial charge in [-0.1, -0.05) is 0 Å². The summed E-state index contributed by atoms with van der Waals surface area (Å²) in [4.78, 5) is 14.0. The first kappa shape index (κ1) is 14.5. The van der Waals surface area contributed by atoms with E-state index in [1.807, 2.05) is 18.9 Å². The number of rotatable bonds is 4. The summed E-state index contributed by atoms with van der Waals surface area (Å²) in [6.07, 6.45) is 1.85. The lowest BCUT2D eigenvalue weighted by atomic mass is 10.2. The third kappa shape index (κ3) is 3.34. The molecule has 1 unspecified atom stereocenters. The Hall–Kier alpha value is -0.920. The molecule has 0 amide bonds. The van der Waals surface area contributed by atoms with Crippen LogP contribution in [0.3, 0.4) is 0 Å². The Bertz CT molecular complexity index is 485. The molecule has 0 aromatic carbocycles. The van der Waals surface area contributed by atoms with Crippen LogP contribution >= 0.6 is 15.9 Å². The summed E-state index contributed by atoms with van der Waals surface area (Å²) in [7, 11) is 1.94. The van der Waals surface area contributed by atoms with E-state index in [9.17, 15) is 4.79 Å². The number of likely N-dealkylation sites (N-methyl/N-ethyl adjacent to an activating group) is 1. The van der Waals surface area contributed by atoms with E-state index < -0.39 is 0 Å². The normalized spacial score (nSPS) is 19.4. The molecule has 19 heavy (non-hydrogen) atoms. The lowest BCUT2D eigenvalue weighted by Crippen LogP contribution is -2.44. The van der Waals surface area contributed by atoms with E-state index in [0.29, 0.717) is 11.0 Å². The van der Waals surface area contributed by atoms with Crippen LogP contribution in [-0.2, 0) is 11.3 Å². The van der Waals surface area contributed by atoms with E-state index in [2.05, 4.69) is 26.3 Å². The molecule has 7 heteroatoms. The largest absolute Gasteiger partial charge is 0.374 e. The van der Waals surface area contributed by atoms with Gasteiger partial charge < -0.3 is 15.0 Å². The second-order valence-electron chi connectivity index (χ2n) is 4.54. The molecular weight excluding hydrogens is 312 g/mol. The molecule has 1 fully saturated rings. The quantitative estimate of drug-likeness (QED) is 0.868. The highest BCUT2D eigenvalue weighted by molar-refractivity contribution is 9.10. The Balaban J connectivity index is 2.12. The van der Waals surface area contributed by atoms with Crippen LogP contribution in [0, 0.1) is 0 Å². The molecule has 0 bridgehead atoms. The van der Waals surface area contributed by atoms with Crippen molar-refractivity contribution in [2.24, 2.45) is 0 Å². The summed E-state index contributed by atoms with van der Waals surface area (Å²) in [5.74, 6) is 0. The number of aromatic nitrogens is 2. The molecule has 1 aliphatic heterocycles. The van der Waals surface area contributed by atoms with Gasteiger partial charge in [0.25, 0.3) is 5.56 Å². The van der Waals surface area contributed by atoms with Crippen molar-refractivity contribution in [1.82, 2.24) is 15.1 Å². The highest BCUT2D eigenvalue weighted by atomic mass is 79.9. The minimum absolute atomic E-state index is 0.102. The molecule has 2 heterocycles. The highest BCUT2D eigenvalue weighted by Crippen LogP contribution is 2.20. The maximum atomic E-state index is 12.0. The van der Waals surface area contributed by atoms with Crippen LogP contribution < -0.4 is 15.8 Å². The van der Waals surface area contributed by atoms with Crippen LogP contribution in [-0.4, -0.2) is 49.2 Å². The standard InChI is InChI=1S/C12H19BrN4O2/c1-3-17-12(18)11(13)10(7-15-17)16(2)8-9-6-14-4-5-19-9/h7,9,14H,3-6,8H2,1-2H3. The van der Waals surface area contributed by atoms with Crippen molar-refractivity contribution >= 4 is 21.6 Å². The van der Waals surface area contributed by atoms with Crippen LogP contribution in [0.15, 0.2) is 15.5 Å². The molecule has 1 aromatic rings. The van der Waals surface area contributed by atoms with Gasteiger partial charge in [0, 0.05) is 33.2 Å². The van der Waals surface area contributed by atoms with Gasteiger partial charge in [-0.25, -0.2) is 4.68 Å². The molecule has 1 N–H and O–H groups in total. The summed E-state index contributed by atoms with van der Waals surface area (Å²) in [5, 5.41) is 7.44. The van der Waals surface area contributed by atoms with E-state index in [1.165, 1.54) is 4.68 Å². The van der Waals surface area contributed by atoms with Crippen molar-refractivity contribution in [1.29, 1.82) is 0 Å². The highest BCUT2D eigenvalue weighted by Gasteiger charge is 2.18. The van der Waals surface area contributed by atoms with E-state index in [1.54, 1.807) is 6.20 Å². The summed E-state index contributed by atoms with van der Waals surface area (Å²) < 4.78 is 7.64. The van der Waals surface area contributed by atoms with E-state index in [4.69, 9.17) is 4.74 Å². The molecule has 1 aliphatic rings. The van der Waals surface area contributed by atoms with Crippen molar-refractivity contribution in [3.63, 3.8) is 0 Å². The van der Waals surface area contributed by atoms with Crippen molar-refractivity contribution in [3.8, 4) is 0 Å². The lowest BCUT2D eigenvalue weighted by Gasteiger charge is -2.29. The van der Waals surface area contributed by atoms with Gasteiger partial charge in [-0.2, -0.15) is 5.10 Å². The average Bonchev–Trinajstić information content (AvgIpc) is 2.42. The topological polar surface area (TPSA) is 59.4 Å². The number of nitrogens with zero attached hydrogens (tertiary/aromatic N) is 3. The fourth-order valence-electron chi connectivity index (χ4n) is 2.09. The number of anilines is 1. The molecule has 0 spiro atoms. The van der Waals surface area contributed by atoms with E-state index in [0.717, 1.165) is 31.9 Å². The fraction of sp³-hybridized carbons (Fsp3) is 0.667. The predicted molar refractivity (Wildman–Crippen MR) is 77.8 cm³/mol. The molecule has 0 saturated carbocycles. The number of hydrogen-bond donors (Lipinski definition) is 1. The Morgan fingerprint density at radius 3 is 3.11 bits per heavy atom. The zero-order valence-corrected chi connectivity index (χ0v) is 12.8. The number of hydrogen-bond acceptors (Lipinski definition) is 5.